The molecule has 1 heterocycles. The Morgan fingerprint density at radius 1 is 1.05 bits per heavy atom. The number of benzene rings is 1. The van der Waals surface area contributed by atoms with Gasteiger partial charge in [-0.1, -0.05) is 48.1 Å². The lowest BCUT2D eigenvalue weighted by Crippen LogP contribution is -2.30. The first-order chi connectivity index (χ1) is 10.1. The van der Waals surface area contributed by atoms with E-state index in [1.807, 2.05) is 49.4 Å². The van der Waals surface area contributed by atoms with Gasteiger partial charge in [0.25, 0.3) is 0 Å². The number of allylic oxidation sites excluding steroid dienone is 4. The fourth-order valence-corrected chi connectivity index (χ4v) is 4.19. The summed E-state index contributed by atoms with van der Waals surface area (Å²) in [5, 5.41) is 0. The average molecular weight is 301 g/mol. The summed E-state index contributed by atoms with van der Waals surface area (Å²) in [7, 11) is -3.33. The van der Waals surface area contributed by atoms with Gasteiger partial charge in [0.2, 0.25) is 10.0 Å². The fourth-order valence-electron chi connectivity index (χ4n) is 2.68. The van der Waals surface area contributed by atoms with E-state index >= 15 is 0 Å². The van der Waals surface area contributed by atoms with Crippen LogP contribution in [-0.2, 0) is 10.0 Å². The van der Waals surface area contributed by atoms with Crippen LogP contribution in [0.15, 0.2) is 59.0 Å². The van der Waals surface area contributed by atoms with Gasteiger partial charge in [-0.2, -0.15) is 4.31 Å². The van der Waals surface area contributed by atoms with Gasteiger partial charge < -0.3 is 0 Å². The van der Waals surface area contributed by atoms with Crippen molar-refractivity contribution in [3.63, 3.8) is 0 Å². The Hall–Kier alpha value is -1.65. The summed E-state index contributed by atoms with van der Waals surface area (Å²) in [6.07, 6.45) is 7.13. The van der Waals surface area contributed by atoms with E-state index in [0.29, 0.717) is 24.4 Å². The third-order valence-electron chi connectivity index (χ3n) is 4.02. The molecule has 0 saturated heterocycles. The molecule has 0 amide bonds. The fraction of sp³-hybridized carbons (Fsp3) is 0.294. The first-order valence-corrected chi connectivity index (χ1v) is 8.62. The Bertz CT molecular complexity index is 727. The van der Waals surface area contributed by atoms with Crippen molar-refractivity contribution in [3.05, 3.63) is 64.6 Å². The third-order valence-corrected chi connectivity index (χ3v) is 5.98. The lowest BCUT2D eigenvalue weighted by Gasteiger charge is -2.20. The SMILES string of the molecule is CC1=CC=C(S(=O)(=O)N2CC=C(c3ccccc3)C2)CC1. The van der Waals surface area contributed by atoms with Crippen LogP contribution in [0.4, 0.5) is 0 Å². The van der Waals surface area contributed by atoms with Gasteiger partial charge in [0.05, 0.1) is 4.91 Å². The number of rotatable bonds is 3. The number of nitrogens with zero attached hydrogens (tertiary/aromatic N) is 1. The molecule has 0 bridgehead atoms. The Kier molecular flexibility index (Phi) is 3.83. The largest absolute Gasteiger partial charge is 0.239 e. The Balaban J connectivity index is 1.78. The van der Waals surface area contributed by atoms with Gasteiger partial charge in [0.1, 0.15) is 0 Å². The van der Waals surface area contributed by atoms with Crippen molar-refractivity contribution >= 4 is 15.6 Å². The summed E-state index contributed by atoms with van der Waals surface area (Å²) >= 11 is 0. The Morgan fingerprint density at radius 3 is 2.48 bits per heavy atom. The summed E-state index contributed by atoms with van der Waals surface area (Å²) in [4.78, 5) is 0.538. The molecule has 1 aromatic rings. The second-order valence-electron chi connectivity index (χ2n) is 5.54. The van der Waals surface area contributed by atoms with E-state index in [1.54, 1.807) is 10.4 Å². The van der Waals surface area contributed by atoms with Crippen LogP contribution in [0.5, 0.6) is 0 Å². The highest BCUT2D eigenvalue weighted by molar-refractivity contribution is 7.93. The Labute approximate surface area is 126 Å². The van der Waals surface area contributed by atoms with Crippen molar-refractivity contribution in [2.24, 2.45) is 0 Å². The first-order valence-electron chi connectivity index (χ1n) is 7.18. The number of hydrogen-bond donors (Lipinski definition) is 0. The van der Waals surface area contributed by atoms with Crippen LogP contribution < -0.4 is 0 Å². The van der Waals surface area contributed by atoms with Crippen molar-refractivity contribution in [2.75, 3.05) is 13.1 Å². The van der Waals surface area contributed by atoms with Crippen molar-refractivity contribution in [3.8, 4) is 0 Å². The Morgan fingerprint density at radius 2 is 1.81 bits per heavy atom. The monoisotopic (exact) mass is 301 g/mol. The molecule has 1 aliphatic carbocycles. The van der Waals surface area contributed by atoms with E-state index in [2.05, 4.69) is 0 Å². The zero-order chi connectivity index (χ0) is 14.9. The summed E-state index contributed by atoms with van der Waals surface area (Å²) in [5.74, 6) is 0. The lowest BCUT2D eigenvalue weighted by molar-refractivity contribution is 0.494. The van der Waals surface area contributed by atoms with Crippen LogP contribution in [0.1, 0.15) is 25.3 Å². The smallest absolute Gasteiger partial charge is 0.207 e. The van der Waals surface area contributed by atoms with Gasteiger partial charge in [-0.25, -0.2) is 8.42 Å². The summed E-state index contributed by atoms with van der Waals surface area (Å²) in [6.45, 7) is 2.96. The summed E-state index contributed by atoms with van der Waals surface area (Å²) in [5.41, 5.74) is 3.42. The van der Waals surface area contributed by atoms with Crippen LogP contribution in [-0.4, -0.2) is 25.8 Å². The van der Waals surface area contributed by atoms with Crippen LogP contribution in [0, 0.1) is 0 Å². The van der Waals surface area contributed by atoms with Gasteiger partial charge in [0.15, 0.2) is 0 Å². The minimum absolute atomic E-state index is 0.465. The zero-order valence-corrected chi connectivity index (χ0v) is 12.9. The molecule has 0 saturated carbocycles. The highest BCUT2D eigenvalue weighted by Gasteiger charge is 2.30. The quantitative estimate of drug-likeness (QED) is 0.858. The van der Waals surface area contributed by atoms with Gasteiger partial charge in [0, 0.05) is 13.1 Å². The average Bonchev–Trinajstić information content (AvgIpc) is 2.99. The molecule has 0 unspecified atom stereocenters. The van der Waals surface area contributed by atoms with Crippen LogP contribution in [0.3, 0.4) is 0 Å². The van der Waals surface area contributed by atoms with E-state index in [1.165, 1.54) is 5.57 Å². The van der Waals surface area contributed by atoms with Crippen molar-refractivity contribution in [2.45, 2.75) is 19.8 Å². The molecule has 3 rings (SSSR count). The molecule has 21 heavy (non-hydrogen) atoms. The highest BCUT2D eigenvalue weighted by atomic mass is 32.2. The third kappa shape index (κ3) is 2.87. The highest BCUT2D eigenvalue weighted by Crippen LogP contribution is 2.29. The summed E-state index contributed by atoms with van der Waals surface area (Å²) < 4.78 is 26.9. The molecule has 3 nitrogen and oxygen atoms in total. The standard InChI is InChI=1S/C17H19NO2S/c1-14-7-9-17(10-8-14)21(19,20)18-12-11-16(13-18)15-5-3-2-4-6-15/h2-7,9,11H,8,10,12-13H2,1H3. The number of hydrogen-bond acceptors (Lipinski definition) is 2. The van der Waals surface area contributed by atoms with Crippen LogP contribution in [0.2, 0.25) is 0 Å². The molecule has 0 atom stereocenters. The zero-order valence-electron chi connectivity index (χ0n) is 12.1. The molecule has 0 radical (unpaired) electrons. The predicted octanol–water partition coefficient (Wildman–Crippen LogP) is 3.34. The van der Waals surface area contributed by atoms with Gasteiger partial charge >= 0.3 is 0 Å². The van der Waals surface area contributed by atoms with E-state index in [-0.39, 0.29) is 0 Å². The van der Waals surface area contributed by atoms with Crippen molar-refractivity contribution < 1.29 is 8.42 Å². The second-order valence-corrected chi connectivity index (χ2v) is 7.53. The molecule has 0 aromatic heterocycles. The van der Waals surface area contributed by atoms with Crippen LogP contribution >= 0.6 is 0 Å². The summed E-state index contributed by atoms with van der Waals surface area (Å²) in [6, 6.07) is 9.96. The molecule has 110 valence electrons. The molecule has 0 fully saturated rings. The van der Waals surface area contributed by atoms with E-state index in [0.717, 1.165) is 17.6 Å². The topological polar surface area (TPSA) is 37.4 Å². The maximum atomic E-state index is 12.7. The van der Waals surface area contributed by atoms with Crippen molar-refractivity contribution in [1.29, 1.82) is 0 Å². The van der Waals surface area contributed by atoms with E-state index < -0.39 is 10.0 Å². The molecule has 1 aromatic carbocycles. The maximum absolute atomic E-state index is 12.7. The number of sulfonamides is 1. The molecule has 4 heteroatoms. The lowest BCUT2D eigenvalue weighted by atomic mass is 10.1. The molecular formula is C17H19NO2S. The minimum atomic E-state index is -3.33. The second kappa shape index (κ2) is 5.62. The molecule has 0 N–H and O–H groups in total. The normalized spacial score (nSPS) is 20.0. The molecular weight excluding hydrogens is 282 g/mol. The van der Waals surface area contributed by atoms with Gasteiger partial charge in [-0.3, -0.25) is 0 Å². The van der Waals surface area contributed by atoms with Crippen molar-refractivity contribution in [1.82, 2.24) is 4.31 Å². The maximum Gasteiger partial charge on any atom is 0.239 e. The minimum Gasteiger partial charge on any atom is -0.207 e. The first kappa shape index (κ1) is 14.3. The van der Waals surface area contributed by atoms with Gasteiger partial charge in [-0.05, 0) is 37.0 Å². The van der Waals surface area contributed by atoms with Gasteiger partial charge in [-0.15, -0.1) is 0 Å². The molecule has 2 aliphatic rings. The van der Waals surface area contributed by atoms with Crippen LogP contribution in [0.25, 0.3) is 5.57 Å². The predicted molar refractivity (Wildman–Crippen MR) is 86.0 cm³/mol. The molecule has 0 spiro atoms. The van der Waals surface area contributed by atoms with E-state index in [9.17, 15) is 8.42 Å². The molecule has 1 aliphatic heterocycles. The van der Waals surface area contributed by atoms with E-state index in [4.69, 9.17) is 0 Å².